The molecular formula is C12H13BrFN3O2S. The van der Waals surface area contributed by atoms with E-state index in [0.717, 1.165) is 0 Å². The standard InChI is InChI=1S/C12H13BrFN3O2S/c1-17-7-10(5-9(17)6-15)20(18,19)16-12-3-2-8(13)4-11(12)14/h2-5,7,16H,6,15H2,1H3. The highest BCUT2D eigenvalue weighted by molar-refractivity contribution is 9.10. The lowest BCUT2D eigenvalue weighted by atomic mass is 10.3. The topological polar surface area (TPSA) is 77.1 Å². The number of rotatable bonds is 4. The van der Waals surface area contributed by atoms with Gasteiger partial charge >= 0.3 is 0 Å². The summed E-state index contributed by atoms with van der Waals surface area (Å²) in [6, 6.07) is 5.55. The van der Waals surface area contributed by atoms with Gasteiger partial charge in [-0.1, -0.05) is 15.9 Å². The molecule has 5 nitrogen and oxygen atoms in total. The third-order valence-corrected chi connectivity index (χ3v) is 4.60. The Morgan fingerprint density at radius 1 is 1.40 bits per heavy atom. The first-order valence-electron chi connectivity index (χ1n) is 5.66. The maximum Gasteiger partial charge on any atom is 0.263 e. The predicted octanol–water partition coefficient (Wildman–Crippen LogP) is 2.19. The molecule has 0 aliphatic carbocycles. The van der Waals surface area contributed by atoms with Crippen LogP contribution in [0.25, 0.3) is 0 Å². The van der Waals surface area contributed by atoms with Crippen LogP contribution in [0.1, 0.15) is 5.69 Å². The summed E-state index contributed by atoms with van der Waals surface area (Å²) in [7, 11) is -2.15. The number of aromatic nitrogens is 1. The lowest BCUT2D eigenvalue weighted by Gasteiger charge is -2.07. The van der Waals surface area contributed by atoms with Gasteiger partial charge < -0.3 is 10.3 Å². The maximum absolute atomic E-state index is 13.7. The normalized spacial score (nSPS) is 11.6. The predicted molar refractivity (Wildman–Crippen MR) is 78.2 cm³/mol. The van der Waals surface area contributed by atoms with Gasteiger partial charge in [-0.2, -0.15) is 0 Å². The Balaban J connectivity index is 2.35. The minimum absolute atomic E-state index is 0.0442. The Hall–Kier alpha value is -1.38. The second-order valence-corrected chi connectivity index (χ2v) is 6.81. The molecule has 1 aromatic heterocycles. The van der Waals surface area contributed by atoms with E-state index in [1.807, 2.05) is 0 Å². The van der Waals surface area contributed by atoms with Crippen LogP contribution >= 0.6 is 15.9 Å². The molecule has 8 heteroatoms. The molecule has 0 spiro atoms. The minimum atomic E-state index is -3.84. The summed E-state index contributed by atoms with van der Waals surface area (Å²) in [4.78, 5) is 0.0442. The summed E-state index contributed by atoms with van der Waals surface area (Å²) >= 11 is 3.11. The number of hydrogen-bond acceptors (Lipinski definition) is 3. The molecule has 2 aromatic rings. The van der Waals surface area contributed by atoms with Gasteiger partial charge in [0.05, 0.1) is 5.69 Å². The molecule has 1 aromatic carbocycles. The van der Waals surface area contributed by atoms with Gasteiger partial charge in [-0.15, -0.1) is 0 Å². The quantitative estimate of drug-likeness (QED) is 0.875. The second-order valence-electron chi connectivity index (χ2n) is 4.21. The van der Waals surface area contributed by atoms with E-state index in [1.165, 1.54) is 24.4 Å². The van der Waals surface area contributed by atoms with Gasteiger partial charge in [-0.3, -0.25) is 4.72 Å². The zero-order valence-electron chi connectivity index (χ0n) is 10.6. The highest BCUT2D eigenvalue weighted by Gasteiger charge is 2.19. The van der Waals surface area contributed by atoms with Crippen molar-refractivity contribution in [2.24, 2.45) is 12.8 Å². The minimum Gasteiger partial charge on any atom is -0.352 e. The molecule has 0 amide bonds. The van der Waals surface area contributed by atoms with E-state index in [4.69, 9.17) is 5.73 Å². The first kappa shape index (κ1) is 15.0. The molecule has 20 heavy (non-hydrogen) atoms. The highest BCUT2D eigenvalue weighted by Crippen LogP contribution is 2.23. The van der Waals surface area contributed by atoms with Crippen molar-refractivity contribution in [3.05, 3.63) is 46.4 Å². The molecule has 0 saturated heterocycles. The van der Waals surface area contributed by atoms with Gasteiger partial charge in [0.2, 0.25) is 0 Å². The van der Waals surface area contributed by atoms with Gasteiger partial charge in [0.1, 0.15) is 10.7 Å². The van der Waals surface area contributed by atoms with Crippen LogP contribution in [0.4, 0.5) is 10.1 Å². The van der Waals surface area contributed by atoms with Crippen LogP contribution in [0.5, 0.6) is 0 Å². The summed E-state index contributed by atoms with van der Waals surface area (Å²) in [5.41, 5.74) is 6.06. The Bertz CT molecular complexity index is 743. The number of nitrogens with one attached hydrogen (secondary N) is 1. The lowest BCUT2D eigenvalue weighted by Crippen LogP contribution is -2.13. The average molecular weight is 362 g/mol. The van der Waals surface area contributed by atoms with Crippen molar-refractivity contribution >= 4 is 31.6 Å². The molecule has 0 bridgehead atoms. The van der Waals surface area contributed by atoms with Crippen LogP contribution in [0.3, 0.4) is 0 Å². The number of aryl methyl sites for hydroxylation is 1. The average Bonchev–Trinajstić information content (AvgIpc) is 2.75. The van der Waals surface area contributed by atoms with Gasteiger partial charge in [0, 0.05) is 30.0 Å². The fourth-order valence-corrected chi connectivity index (χ4v) is 3.20. The van der Waals surface area contributed by atoms with Crippen molar-refractivity contribution < 1.29 is 12.8 Å². The summed E-state index contributed by atoms with van der Waals surface area (Å²) in [5, 5.41) is 0. The Labute approximate surface area is 124 Å². The van der Waals surface area contributed by atoms with Gasteiger partial charge in [-0.25, -0.2) is 12.8 Å². The fourth-order valence-electron chi connectivity index (χ4n) is 1.70. The van der Waals surface area contributed by atoms with Crippen molar-refractivity contribution in [3.8, 4) is 0 Å². The van der Waals surface area contributed by atoms with E-state index < -0.39 is 15.8 Å². The van der Waals surface area contributed by atoms with Crippen molar-refractivity contribution in [2.75, 3.05) is 4.72 Å². The second kappa shape index (κ2) is 5.55. The molecular weight excluding hydrogens is 349 g/mol. The first-order chi connectivity index (χ1) is 9.33. The molecule has 108 valence electrons. The fraction of sp³-hybridized carbons (Fsp3) is 0.167. The van der Waals surface area contributed by atoms with E-state index >= 15 is 0 Å². The number of nitrogens with two attached hydrogens (primary N) is 1. The monoisotopic (exact) mass is 361 g/mol. The third-order valence-electron chi connectivity index (χ3n) is 2.78. The first-order valence-corrected chi connectivity index (χ1v) is 7.94. The van der Waals surface area contributed by atoms with E-state index in [1.54, 1.807) is 17.7 Å². The molecule has 0 saturated carbocycles. The molecule has 0 aliphatic heterocycles. The van der Waals surface area contributed by atoms with Crippen LogP contribution < -0.4 is 10.5 Å². The van der Waals surface area contributed by atoms with Crippen LogP contribution in [0, 0.1) is 5.82 Å². The Morgan fingerprint density at radius 3 is 2.65 bits per heavy atom. The largest absolute Gasteiger partial charge is 0.352 e. The van der Waals surface area contributed by atoms with E-state index in [0.29, 0.717) is 10.2 Å². The molecule has 0 atom stereocenters. The summed E-state index contributed by atoms with van der Waals surface area (Å²) in [5.74, 6) is -0.655. The molecule has 3 N–H and O–H groups in total. The molecule has 0 fully saturated rings. The van der Waals surface area contributed by atoms with Crippen LogP contribution in [-0.2, 0) is 23.6 Å². The number of sulfonamides is 1. The van der Waals surface area contributed by atoms with Crippen molar-refractivity contribution in [3.63, 3.8) is 0 Å². The van der Waals surface area contributed by atoms with Crippen molar-refractivity contribution in [1.29, 1.82) is 0 Å². The van der Waals surface area contributed by atoms with Crippen LogP contribution in [0.2, 0.25) is 0 Å². The maximum atomic E-state index is 13.7. The number of benzene rings is 1. The molecule has 1 heterocycles. The van der Waals surface area contributed by atoms with E-state index in [2.05, 4.69) is 20.7 Å². The van der Waals surface area contributed by atoms with Gasteiger partial charge in [-0.05, 0) is 24.3 Å². The van der Waals surface area contributed by atoms with Crippen LogP contribution in [0.15, 0.2) is 39.8 Å². The number of anilines is 1. The SMILES string of the molecule is Cn1cc(S(=O)(=O)Nc2ccc(Br)cc2F)cc1CN. The number of hydrogen-bond donors (Lipinski definition) is 2. The summed E-state index contributed by atoms with van der Waals surface area (Å²) in [6.45, 7) is 0.221. The van der Waals surface area contributed by atoms with E-state index in [-0.39, 0.29) is 17.1 Å². The van der Waals surface area contributed by atoms with Crippen molar-refractivity contribution in [1.82, 2.24) is 4.57 Å². The summed E-state index contributed by atoms with van der Waals surface area (Å²) < 4.78 is 42.4. The third kappa shape index (κ3) is 3.02. The molecule has 0 radical (unpaired) electrons. The molecule has 0 aliphatic rings. The van der Waals surface area contributed by atoms with Gasteiger partial charge in [0.15, 0.2) is 0 Å². The number of halogens is 2. The lowest BCUT2D eigenvalue weighted by molar-refractivity contribution is 0.598. The summed E-state index contributed by atoms with van der Waals surface area (Å²) in [6.07, 6.45) is 1.43. The van der Waals surface area contributed by atoms with Crippen LogP contribution in [-0.4, -0.2) is 13.0 Å². The Morgan fingerprint density at radius 2 is 2.10 bits per heavy atom. The molecule has 0 unspecified atom stereocenters. The smallest absolute Gasteiger partial charge is 0.263 e. The number of nitrogens with zero attached hydrogens (tertiary/aromatic N) is 1. The van der Waals surface area contributed by atoms with Gasteiger partial charge in [0.25, 0.3) is 10.0 Å². The Kier molecular flexibility index (Phi) is 4.17. The zero-order chi connectivity index (χ0) is 14.9. The van der Waals surface area contributed by atoms with Crippen molar-refractivity contribution in [2.45, 2.75) is 11.4 Å². The highest BCUT2D eigenvalue weighted by atomic mass is 79.9. The zero-order valence-corrected chi connectivity index (χ0v) is 13.0. The van der Waals surface area contributed by atoms with E-state index in [9.17, 15) is 12.8 Å². The molecule has 2 rings (SSSR count).